The predicted molar refractivity (Wildman–Crippen MR) is 129 cm³/mol. The van der Waals surface area contributed by atoms with E-state index in [2.05, 4.69) is 20.6 Å². The number of aromatic nitrogens is 3. The van der Waals surface area contributed by atoms with Crippen LogP contribution in [0, 0.1) is 6.92 Å². The summed E-state index contributed by atoms with van der Waals surface area (Å²) in [7, 11) is 0. The maximum atomic E-state index is 13.6. The van der Waals surface area contributed by atoms with E-state index in [9.17, 15) is 14.4 Å². The number of ether oxygens (including phenoxy) is 1. The maximum absolute atomic E-state index is 13.6. The lowest BCUT2D eigenvalue weighted by molar-refractivity contribution is 0.0262. The number of carbonyl (C=O) groups excluding carboxylic acids is 2. The van der Waals surface area contributed by atoms with E-state index in [4.69, 9.17) is 4.74 Å². The number of pyridine rings is 1. The molecule has 11 heteroatoms. The summed E-state index contributed by atoms with van der Waals surface area (Å²) in [6.45, 7) is 3.05. The molecule has 0 aromatic carbocycles. The number of morpholine rings is 1. The Balaban J connectivity index is 1.27. The fourth-order valence-electron chi connectivity index (χ4n) is 6.14. The SMILES string of the molecule is Cc1cc(Nc2ncnc3sc(C(=O)N4C[C@H]5C[C@@H]4CO5)cc23)c(=O)n2c1C(=O)NC21CCCC1. The Bertz CT molecular complexity index is 1470. The van der Waals surface area contributed by atoms with Crippen LogP contribution in [0.1, 0.15) is 57.8 Å². The van der Waals surface area contributed by atoms with E-state index in [-0.39, 0.29) is 29.5 Å². The van der Waals surface area contributed by atoms with Gasteiger partial charge in [-0.05, 0) is 56.7 Å². The Hall–Kier alpha value is -3.31. The van der Waals surface area contributed by atoms with Gasteiger partial charge in [0.15, 0.2) is 0 Å². The number of anilines is 2. The number of nitrogens with zero attached hydrogens (tertiary/aromatic N) is 4. The molecule has 2 amide bonds. The van der Waals surface area contributed by atoms with Gasteiger partial charge in [-0.2, -0.15) is 0 Å². The molecule has 0 unspecified atom stereocenters. The van der Waals surface area contributed by atoms with Gasteiger partial charge in [0.2, 0.25) is 0 Å². The summed E-state index contributed by atoms with van der Waals surface area (Å²) in [5, 5.41) is 6.95. The molecule has 4 aliphatic rings. The highest BCUT2D eigenvalue weighted by atomic mass is 32.1. The van der Waals surface area contributed by atoms with Crippen molar-refractivity contribution in [1.29, 1.82) is 0 Å². The summed E-state index contributed by atoms with van der Waals surface area (Å²) >= 11 is 1.33. The lowest BCUT2D eigenvalue weighted by Crippen LogP contribution is -2.45. The number of amides is 2. The highest BCUT2D eigenvalue weighted by Crippen LogP contribution is 2.39. The maximum Gasteiger partial charge on any atom is 0.276 e. The molecule has 7 rings (SSSR count). The van der Waals surface area contributed by atoms with Gasteiger partial charge < -0.3 is 20.3 Å². The first-order valence-corrected chi connectivity index (χ1v) is 12.8. The molecule has 3 fully saturated rings. The van der Waals surface area contributed by atoms with Crippen LogP contribution in [0.5, 0.6) is 0 Å². The number of hydrogen-bond donors (Lipinski definition) is 2. The third-order valence-corrected chi connectivity index (χ3v) is 8.80. The summed E-state index contributed by atoms with van der Waals surface area (Å²) in [6, 6.07) is 3.64. The summed E-state index contributed by atoms with van der Waals surface area (Å²) in [4.78, 5) is 51.4. The fraction of sp³-hybridized carbons (Fsp3) is 0.458. The summed E-state index contributed by atoms with van der Waals surface area (Å²) in [5.74, 6) is 0.252. The Morgan fingerprint density at radius 1 is 1.26 bits per heavy atom. The van der Waals surface area contributed by atoms with Gasteiger partial charge in [0.05, 0.1) is 29.0 Å². The molecule has 2 bridgehead atoms. The zero-order valence-corrected chi connectivity index (χ0v) is 20.0. The monoisotopic (exact) mass is 492 g/mol. The summed E-state index contributed by atoms with van der Waals surface area (Å²) in [6.07, 6.45) is 5.87. The van der Waals surface area contributed by atoms with Gasteiger partial charge in [0.1, 0.15) is 34.0 Å². The average molecular weight is 493 g/mol. The Morgan fingerprint density at radius 2 is 2.09 bits per heavy atom. The van der Waals surface area contributed by atoms with E-state index in [0.717, 1.165) is 37.7 Å². The molecule has 2 saturated heterocycles. The molecule has 35 heavy (non-hydrogen) atoms. The summed E-state index contributed by atoms with van der Waals surface area (Å²) < 4.78 is 7.27. The number of likely N-dealkylation sites (tertiary alicyclic amines) is 1. The fourth-order valence-corrected chi connectivity index (χ4v) is 7.09. The van der Waals surface area contributed by atoms with Gasteiger partial charge in [-0.1, -0.05) is 0 Å². The number of hydrogen-bond acceptors (Lipinski definition) is 8. The van der Waals surface area contributed by atoms with Crippen molar-refractivity contribution >= 4 is 44.9 Å². The van der Waals surface area contributed by atoms with Crippen molar-refractivity contribution in [3.05, 3.63) is 44.9 Å². The smallest absolute Gasteiger partial charge is 0.276 e. The number of rotatable bonds is 3. The highest BCUT2D eigenvalue weighted by Gasteiger charge is 2.46. The second-order valence-electron chi connectivity index (χ2n) is 9.90. The van der Waals surface area contributed by atoms with Crippen LogP contribution in [0.2, 0.25) is 0 Å². The molecule has 2 N–H and O–H groups in total. The van der Waals surface area contributed by atoms with Gasteiger partial charge in [-0.3, -0.25) is 19.0 Å². The third kappa shape index (κ3) is 3.00. The normalized spacial score (nSPS) is 23.9. The molecule has 1 spiro atoms. The molecule has 2 atom stereocenters. The van der Waals surface area contributed by atoms with Crippen LogP contribution in [0.4, 0.5) is 11.5 Å². The van der Waals surface area contributed by atoms with Crippen LogP contribution >= 0.6 is 11.3 Å². The van der Waals surface area contributed by atoms with Crippen molar-refractivity contribution in [3.8, 4) is 0 Å². The first-order valence-electron chi connectivity index (χ1n) is 12.0. The lowest BCUT2D eigenvalue weighted by Gasteiger charge is -2.26. The quantitative estimate of drug-likeness (QED) is 0.577. The molecule has 1 aliphatic carbocycles. The molecule has 3 aromatic heterocycles. The molecular weight excluding hydrogens is 468 g/mol. The first-order chi connectivity index (χ1) is 16.9. The zero-order valence-electron chi connectivity index (χ0n) is 19.2. The second-order valence-corrected chi connectivity index (χ2v) is 10.9. The topological polar surface area (TPSA) is 118 Å². The molecular formula is C24H24N6O4S. The number of carbonyl (C=O) groups is 2. The molecule has 6 heterocycles. The average Bonchev–Trinajstić information content (AvgIpc) is 3.66. The van der Waals surface area contributed by atoms with Crippen LogP contribution in [-0.4, -0.2) is 56.5 Å². The minimum Gasteiger partial charge on any atom is -0.374 e. The standard InChI is InChI=1S/C24H24N6O4S/c1-12-6-16(22(32)30-18(12)20(31)28-24(30)4-2-3-5-24)27-19-15-8-17(35-21(15)26-11-25-19)23(33)29-9-14-7-13(29)10-34-14/h6,8,11,13-14H,2-5,7,9-10H2,1H3,(H,28,31)(H,25,26,27)/t13-,14-/m1/s1. The number of nitrogens with one attached hydrogen (secondary N) is 2. The number of thiophene rings is 1. The van der Waals surface area contributed by atoms with Gasteiger partial charge in [0.25, 0.3) is 17.4 Å². The van der Waals surface area contributed by atoms with Crippen LogP contribution in [0.3, 0.4) is 0 Å². The molecule has 10 nitrogen and oxygen atoms in total. The van der Waals surface area contributed by atoms with E-state index < -0.39 is 5.66 Å². The Kier molecular flexibility index (Phi) is 4.41. The van der Waals surface area contributed by atoms with Crippen molar-refractivity contribution < 1.29 is 14.3 Å². The zero-order chi connectivity index (χ0) is 23.9. The number of fused-ring (bicyclic) bond motifs is 5. The minimum absolute atomic E-state index is 0.0176. The van der Waals surface area contributed by atoms with Crippen molar-refractivity contribution in [2.24, 2.45) is 0 Å². The molecule has 0 radical (unpaired) electrons. The summed E-state index contributed by atoms with van der Waals surface area (Å²) in [5.41, 5.74) is 0.612. The van der Waals surface area contributed by atoms with Crippen LogP contribution < -0.4 is 16.2 Å². The van der Waals surface area contributed by atoms with Crippen LogP contribution in [-0.2, 0) is 10.4 Å². The second kappa shape index (κ2) is 7.34. The lowest BCUT2D eigenvalue weighted by atomic mass is 10.1. The molecule has 180 valence electrons. The van der Waals surface area contributed by atoms with E-state index >= 15 is 0 Å². The molecule has 3 aromatic rings. The minimum atomic E-state index is -0.645. The van der Waals surface area contributed by atoms with Crippen LogP contribution in [0.15, 0.2) is 23.3 Å². The van der Waals surface area contributed by atoms with Gasteiger partial charge in [-0.25, -0.2) is 9.97 Å². The Morgan fingerprint density at radius 3 is 2.83 bits per heavy atom. The van der Waals surface area contributed by atoms with Gasteiger partial charge >= 0.3 is 0 Å². The first kappa shape index (κ1) is 21.0. The van der Waals surface area contributed by atoms with E-state index in [1.54, 1.807) is 16.7 Å². The largest absolute Gasteiger partial charge is 0.374 e. The van der Waals surface area contributed by atoms with Crippen molar-refractivity contribution in [3.63, 3.8) is 0 Å². The van der Waals surface area contributed by atoms with Crippen molar-refractivity contribution in [1.82, 2.24) is 24.8 Å². The van der Waals surface area contributed by atoms with E-state index in [1.807, 2.05) is 11.8 Å². The van der Waals surface area contributed by atoms with Crippen LogP contribution in [0.25, 0.3) is 10.2 Å². The third-order valence-electron chi connectivity index (χ3n) is 7.77. The van der Waals surface area contributed by atoms with Crippen molar-refractivity contribution in [2.45, 2.75) is 56.8 Å². The highest BCUT2D eigenvalue weighted by molar-refractivity contribution is 7.20. The molecule has 1 saturated carbocycles. The number of aryl methyl sites for hydroxylation is 1. The Labute approximate surface area is 204 Å². The predicted octanol–water partition coefficient (Wildman–Crippen LogP) is 2.49. The molecule has 3 aliphatic heterocycles. The van der Waals surface area contributed by atoms with E-state index in [0.29, 0.717) is 45.4 Å². The van der Waals surface area contributed by atoms with Gasteiger partial charge in [0, 0.05) is 6.54 Å². The van der Waals surface area contributed by atoms with E-state index in [1.165, 1.54) is 17.7 Å². The van der Waals surface area contributed by atoms with Gasteiger partial charge in [-0.15, -0.1) is 11.3 Å². The van der Waals surface area contributed by atoms with Crippen molar-refractivity contribution in [2.75, 3.05) is 18.5 Å².